The van der Waals surface area contributed by atoms with Crippen LogP contribution in [0.4, 0.5) is 5.13 Å². The van der Waals surface area contributed by atoms with E-state index in [1.165, 1.54) is 37.0 Å². The molecular weight excluding hydrogens is 477 g/mol. The molecular formula is C21H23Cl2N3O3S2. The summed E-state index contributed by atoms with van der Waals surface area (Å²) < 4.78 is 23.3. The zero-order valence-corrected chi connectivity index (χ0v) is 19.9. The number of anilines is 1. The van der Waals surface area contributed by atoms with Crippen LogP contribution in [0.1, 0.15) is 44.9 Å². The molecule has 166 valence electrons. The average Bonchev–Trinajstić information content (AvgIpc) is 3.37. The van der Waals surface area contributed by atoms with Crippen LogP contribution in [0, 0.1) is 11.8 Å². The highest BCUT2D eigenvalue weighted by atomic mass is 35.7. The number of aromatic nitrogens is 2. The van der Waals surface area contributed by atoms with E-state index in [-0.39, 0.29) is 18.2 Å². The molecule has 2 aliphatic carbocycles. The Morgan fingerprint density at radius 3 is 2.71 bits per heavy atom. The molecule has 0 aliphatic heterocycles. The second kappa shape index (κ2) is 9.57. The van der Waals surface area contributed by atoms with E-state index in [0.29, 0.717) is 33.0 Å². The van der Waals surface area contributed by atoms with Crippen molar-refractivity contribution in [3.63, 3.8) is 0 Å². The van der Waals surface area contributed by atoms with Crippen molar-refractivity contribution >= 4 is 64.1 Å². The van der Waals surface area contributed by atoms with Crippen molar-refractivity contribution in [2.24, 2.45) is 11.8 Å². The summed E-state index contributed by atoms with van der Waals surface area (Å²) in [6.45, 7) is 0. The van der Waals surface area contributed by atoms with Crippen molar-refractivity contribution < 1.29 is 13.2 Å². The highest BCUT2D eigenvalue weighted by Gasteiger charge is 2.29. The van der Waals surface area contributed by atoms with Gasteiger partial charge in [-0.25, -0.2) is 18.4 Å². The lowest BCUT2D eigenvalue weighted by molar-refractivity contribution is -0.119. The highest BCUT2D eigenvalue weighted by Crippen LogP contribution is 2.34. The summed E-state index contributed by atoms with van der Waals surface area (Å²) in [5, 5.41) is 3.03. The topological polar surface area (TPSA) is 89.0 Å². The fourth-order valence-electron chi connectivity index (χ4n) is 4.28. The monoisotopic (exact) mass is 499 g/mol. The lowest BCUT2D eigenvalue weighted by atomic mass is 9.86. The molecule has 2 atom stereocenters. The molecule has 10 heteroatoms. The fourth-order valence-corrected chi connectivity index (χ4v) is 6.30. The van der Waals surface area contributed by atoms with Gasteiger partial charge >= 0.3 is 0 Å². The van der Waals surface area contributed by atoms with Crippen LogP contribution in [0.5, 0.6) is 0 Å². The summed E-state index contributed by atoms with van der Waals surface area (Å²) >= 11 is 7.22. The van der Waals surface area contributed by atoms with Crippen LogP contribution in [0.3, 0.4) is 0 Å². The van der Waals surface area contributed by atoms with Gasteiger partial charge in [-0.15, -0.1) is 0 Å². The Kier molecular flexibility index (Phi) is 7.01. The van der Waals surface area contributed by atoms with Gasteiger partial charge in [0.1, 0.15) is 15.5 Å². The predicted octanol–water partition coefficient (Wildman–Crippen LogP) is 5.69. The third-order valence-electron chi connectivity index (χ3n) is 5.96. The third kappa shape index (κ3) is 5.66. The Morgan fingerprint density at radius 1 is 1.26 bits per heavy atom. The van der Waals surface area contributed by atoms with Crippen LogP contribution >= 0.6 is 33.6 Å². The quantitative estimate of drug-likeness (QED) is 0.390. The Labute approximate surface area is 195 Å². The average molecular weight is 500 g/mol. The minimum atomic E-state index is -3.67. The Hall–Kier alpha value is -1.48. The van der Waals surface area contributed by atoms with E-state index in [9.17, 15) is 13.2 Å². The number of nitrogens with one attached hydrogen (secondary N) is 1. The number of halogens is 2. The van der Waals surface area contributed by atoms with Gasteiger partial charge in [0.2, 0.25) is 15.0 Å². The van der Waals surface area contributed by atoms with Gasteiger partial charge in [0.05, 0.1) is 11.2 Å². The first kappa shape index (κ1) is 22.7. The maximum absolute atomic E-state index is 13.2. The number of thiazole rings is 1. The van der Waals surface area contributed by atoms with E-state index in [1.807, 2.05) is 6.08 Å². The van der Waals surface area contributed by atoms with E-state index in [1.54, 1.807) is 24.3 Å². The molecule has 1 unspecified atom stereocenters. The van der Waals surface area contributed by atoms with E-state index in [4.69, 9.17) is 22.3 Å². The van der Waals surface area contributed by atoms with Crippen molar-refractivity contribution in [1.29, 1.82) is 0 Å². The zero-order valence-electron chi connectivity index (χ0n) is 16.8. The molecule has 31 heavy (non-hydrogen) atoms. The van der Waals surface area contributed by atoms with Crippen molar-refractivity contribution in [1.82, 2.24) is 9.97 Å². The third-order valence-corrected chi connectivity index (χ3v) is 8.81. The number of carbonyl (C=O) groups is 1. The van der Waals surface area contributed by atoms with E-state index in [2.05, 4.69) is 15.3 Å². The predicted molar refractivity (Wildman–Crippen MR) is 126 cm³/mol. The molecule has 2 aromatic rings. The first-order valence-electron chi connectivity index (χ1n) is 10.4. The Morgan fingerprint density at radius 2 is 2.03 bits per heavy atom. The van der Waals surface area contributed by atoms with Crippen LogP contribution in [0.15, 0.2) is 35.9 Å². The van der Waals surface area contributed by atoms with Gasteiger partial charge < -0.3 is 5.32 Å². The second-order valence-corrected chi connectivity index (χ2v) is 12.3. The molecule has 1 N–H and O–H groups in total. The van der Waals surface area contributed by atoms with Crippen LogP contribution in [0.25, 0.3) is 10.3 Å². The zero-order chi connectivity index (χ0) is 22.0. The number of rotatable bonds is 7. The largest absolute Gasteiger partial charge is 0.301 e. The molecule has 1 fully saturated rings. The number of hydrogen-bond acceptors (Lipinski definition) is 6. The minimum Gasteiger partial charge on any atom is -0.301 e. The Balaban J connectivity index is 1.51. The van der Waals surface area contributed by atoms with Crippen molar-refractivity contribution in [2.45, 2.75) is 50.2 Å². The highest BCUT2D eigenvalue weighted by molar-refractivity contribution is 8.14. The first-order valence-corrected chi connectivity index (χ1v) is 13.9. The molecule has 4 rings (SSSR count). The van der Waals surface area contributed by atoms with Crippen LogP contribution < -0.4 is 5.32 Å². The molecule has 2 aliphatic rings. The number of fused-ring (bicyclic) bond motifs is 1. The molecule has 1 saturated carbocycles. The van der Waals surface area contributed by atoms with Crippen molar-refractivity contribution in [3.05, 3.63) is 41.1 Å². The minimum absolute atomic E-state index is 0.147. The molecule has 0 radical (unpaired) electrons. The van der Waals surface area contributed by atoms with Gasteiger partial charge in [0.25, 0.3) is 0 Å². The van der Waals surface area contributed by atoms with Crippen molar-refractivity contribution in [2.75, 3.05) is 5.32 Å². The summed E-state index contributed by atoms with van der Waals surface area (Å²) in [4.78, 5) is 22.6. The standard InChI is InChI=1S/C21H23Cl2N3O3S2/c22-18-12-11-17-20(25-18)30-21(24-17)26-19(27)16(10-5-13-3-1-2-4-13)14-6-8-15(9-7-14)31(23,28)29/h6-8,11-13,15-16H,1-5,9-10H2,(H,24,26,27)/t15?,16-/m1/s1. The van der Waals surface area contributed by atoms with Gasteiger partial charge in [-0.2, -0.15) is 0 Å². The number of allylic oxidation sites excluding steroid dienone is 2. The first-order chi connectivity index (χ1) is 14.8. The van der Waals surface area contributed by atoms with E-state index in [0.717, 1.165) is 12.0 Å². The van der Waals surface area contributed by atoms with Gasteiger partial charge in [-0.1, -0.05) is 66.8 Å². The number of hydrogen-bond donors (Lipinski definition) is 1. The number of pyridine rings is 1. The lowest BCUT2D eigenvalue weighted by Gasteiger charge is -2.22. The number of carbonyl (C=O) groups excluding carboxylic acids is 1. The molecule has 0 bridgehead atoms. The maximum atomic E-state index is 13.2. The fraction of sp³-hybridized carbons (Fsp3) is 0.476. The van der Waals surface area contributed by atoms with Gasteiger partial charge in [0.15, 0.2) is 5.13 Å². The second-order valence-electron chi connectivity index (χ2n) is 8.06. The normalized spacial score (nSPS) is 20.7. The molecule has 1 amide bonds. The smallest absolute Gasteiger partial charge is 0.239 e. The maximum Gasteiger partial charge on any atom is 0.239 e. The van der Waals surface area contributed by atoms with Crippen LogP contribution in [-0.2, 0) is 13.8 Å². The van der Waals surface area contributed by atoms with Gasteiger partial charge in [0, 0.05) is 10.7 Å². The number of nitrogens with zero attached hydrogens (tertiary/aromatic N) is 2. The molecule has 0 saturated heterocycles. The molecule has 0 spiro atoms. The summed E-state index contributed by atoms with van der Waals surface area (Å²) in [6, 6.07) is 3.44. The summed E-state index contributed by atoms with van der Waals surface area (Å²) in [6.07, 6.45) is 12.0. The SMILES string of the molecule is O=C(Nc1nc2ccc(Cl)nc2s1)[C@H](CCC1CCCC1)C1=CCC(S(=O)(=O)Cl)C=C1. The molecule has 6 nitrogen and oxygen atoms in total. The Bertz CT molecular complexity index is 1140. The summed E-state index contributed by atoms with van der Waals surface area (Å²) in [5.41, 5.74) is 1.51. The van der Waals surface area contributed by atoms with E-state index >= 15 is 0 Å². The summed E-state index contributed by atoms with van der Waals surface area (Å²) in [7, 11) is 1.82. The van der Waals surface area contributed by atoms with Gasteiger partial charge in [-0.05, 0) is 42.9 Å². The number of amides is 1. The van der Waals surface area contributed by atoms with E-state index < -0.39 is 14.3 Å². The molecule has 2 aromatic heterocycles. The van der Waals surface area contributed by atoms with Crippen molar-refractivity contribution in [3.8, 4) is 0 Å². The summed E-state index contributed by atoms with van der Waals surface area (Å²) in [5.74, 6) is 0.124. The van der Waals surface area contributed by atoms with Gasteiger partial charge in [-0.3, -0.25) is 4.79 Å². The molecule has 2 heterocycles. The van der Waals surface area contributed by atoms with Crippen LogP contribution in [-0.4, -0.2) is 29.5 Å². The van der Waals surface area contributed by atoms with Crippen LogP contribution in [0.2, 0.25) is 5.15 Å². The molecule has 0 aromatic carbocycles. The lowest BCUT2D eigenvalue weighted by Crippen LogP contribution is -2.26.